The van der Waals surface area contributed by atoms with Crippen molar-refractivity contribution in [1.29, 1.82) is 0 Å². The zero-order valence-corrected chi connectivity index (χ0v) is 10.7. The molecule has 2 aromatic rings. The lowest BCUT2D eigenvalue weighted by molar-refractivity contribution is -0.110. The Morgan fingerprint density at radius 3 is 2.33 bits per heavy atom. The van der Waals surface area contributed by atoms with Crippen molar-refractivity contribution in [2.75, 3.05) is 0 Å². The number of carbonyl (C=O) groups excluding carboxylic acids is 1. The van der Waals surface area contributed by atoms with Gasteiger partial charge in [-0.1, -0.05) is 54.1 Å². The van der Waals surface area contributed by atoms with Gasteiger partial charge in [-0.25, -0.2) is 0 Å². The summed E-state index contributed by atoms with van der Waals surface area (Å²) in [5.41, 5.74) is 4.79. The first kappa shape index (κ1) is 11.2. The van der Waals surface area contributed by atoms with E-state index in [0.29, 0.717) is 5.78 Å². The molecule has 1 heteroatoms. The van der Waals surface area contributed by atoms with Gasteiger partial charge in [-0.15, -0.1) is 0 Å². The molecule has 0 aliphatic heterocycles. The molecule has 1 fully saturated rings. The first-order chi connectivity index (χ1) is 8.68. The van der Waals surface area contributed by atoms with Crippen LogP contribution in [0.2, 0.25) is 0 Å². The molecule has 1 aliphatic rings. The standard InChI is InChI=1S/C17H16O/c1-11-8-9-12(2)14(10-11)16-15(17(16)18)13-6-4-3-5-7-13/h3-10,15-16H,1-2H3. The molecule has 2 unspecified atom stereocenters. The molecule has 2 aromatic carbocycles. The van der Waals surface area contributed by atoms with Crippen LogP contribution in [0.15, 0.2) is 48.5 Å². The third-order valence-electron chi connectivity index (χ3n) is 3.77. The van der Waals surface area contributed by atoms with Crippen molar-refractivity contribution in [2.24, 2.45) is 0 Å². The highest BCUT2D eigenvalue weighted by atomic mass is 16.1. The highest BCUT2D eigenvalue weighted by Gasteiger charge is 2.51. The van der Waals surface area contributed by atoms with Crippen molar-refractivity contribution < 1.29 is 4.79 Å². The molecule has 0 radical (unpaired) electrons. The predicted octanol–water partition coefficient (Wildman–Crippen LogP) is 3.75. The number of hydrogen-bond donors (Lipinski definition) is 0. The Bertz CT molecular complexity index is 598. The molecule has 0 bridgehead atoms. The fourth-order valence-electron chi connectivity index (χ4n) is 2.68. The summed E-state index contributed by atoms with van der Waals surface area (Å²) in [4.78, 5) is 12.1. The molecule has 0 heterocycles. The summed E-state index contributed by atoms with van der Waals surface area (Å²) in [6.45, 7) is 4.16. The number of carbonyl (C=O) groups is 1. The van der Waals surface area contributed by atoms with Crippen LogP contribution in [0.1, 0.15) is 34.1 Å². The molecule has 0 amide bonds. The molecule has 2 atom stereocenters. The van der Waals surface area contributed by atoms with E-state index in [1.54, 1.807) is 0 Å². The SMILES string of the molecule is Cc1ccc(C)c(C2C(=O)C2c2ccccc2)c1. The van der Waals surface area contributed by atoms with E-state index in [2.05, 4.69) is 32.0 Å². The zero-order chi connectivity index (χ0) is 12.7. The summed E-state index contributed by atoms with van der Waals surface area (Å²) in [5.74, 6) is 0.508. The second-order valence-electron chi connectivity index (χ2n) is 5.13. The van der Waals surface area contributed by atoms with Gasteiger partial charge >= 0.3 is 0 Å². The van der Waals surface area contributed by atoms with Gasteiger partial charge in [0.1, 0.15) is 5.78 Å². The van der Waals surface area contributed by atoms with Gasteiger partial charge in [0.2, 0.25) is 0 Å². The molecule has 3 rings (SSSR count). The third-order valence-corrected chi connectivity index (χ3v) is 3.77. The predicted molar refractivity (Wildman–Crippen MR) is 72.8 cm³/mol. The van der Waals surface area contributed by atoms with Crippen LogP contribution < -0.4 is 0 Å². The van der Waals surface area contributed by atoms with Crippen LogP contribution in [0, 0.1) is 13.8 Å². The summed E-state index contributed by atoms with van der Waals surface area (Å²) in [6.07, 6.45) is 0. The second kappa shape index (κ2) is 4.09. The van der Waals surface area contributed by atoms with E-state index in [0.717, 1.165) is 5.56 Å². The second-order valence-corrected chi connectivity index (χ2v) is 5.13. The third kappa shape index (κ3) is 1.76. The normalized spacial score (nSPS) is 22.0. The van der Waals surface area contributed by atoms with Crippen molar-refractivity contribution in [2.45, 2.75) is 25.7 Å². The maximum absolute atomic E-state index is 12.1. The first-order valence-corrected chi connectivity index (χ1v) is 6.34. The fraction of sp³-hybridized carbons (Fsp3) is 0.235. The Labute approximate surface area is 107 Å². The van der Waals surface area contributed by atoms with Crippen LogP contribution in [0.25, 0.3) is 0 Å². The molecule has 0 saturated heterocycles. The Morgan fingerprint density at radius 1 is 0.889 bits per heavy atom. The first-order valence-electron chi connectivity index (χ1n) is 6.34. The number of rotatable bonds is 2. The number of Topliss-reactive ketones (excluding diaryl/α,β-unsaturated/α-hetero) is 1. The van der Waals surface area contributed by atoms with Gasteiger partial charge < -0.3 is 0 Å². The number of ketones is 1. The van der Waals surface area contributed by atoms with Crippen LogP contribution in [0.4, 0.5) is 0 Å². The van der Waals surface area contributed by atoms with Gasteiger partial charge in [-0.2, -0.15) is 0 Å². The van der Waals surface area contributed by atoms with E-state index in [4.69, 9.17) is 0 Å². The Morgan fingerprint density at radius 2 is 1.61 bits per heavy atom. The maximum Gasteiger partial charge on any atom is 0.149 e. The van der Waals surface area contributed by atoms with Crippen LogP contribution in [0.3, 0.4) is 0 Å². The Kier molecular flexibility index (Phi) is 2.55. The van der Waals surface area contributed by atoms with E-state index in [1.165, 1.54) is 16.7 Å². The molecular formula is C17H16O. The minimum Gasteiger partial charge on any atom is -0.298 e. The summed E-state index contributed by atoms with van der Waals surface area (Å²) in [6, 6.07) is 16.5. The van der Waals surface area contributed by atoms with Crippen molar-refractivity contribution in [3.05, 3.63) is 70.8 Å². The Hall–Kier alpha value is -1.89. The van der Waals surface area contributed by atoms with Crippen molar-refractivity contribution >= 4 is 5.78 Å². The number of benzene rings is 2. The lowest BCUT2D eigenvalue weighted by atomic mass is 9.98. The lowest BCUT2D eigenvalue weighted by Gasteiger charge is -2.05. The Balaban J connectivity index is 1.96. The van der Waals surface area contributed by atoms with Crippen LogP contribution in [-0.4, -0.2) is 5.78 Å². The molecule has 0 aromatic heterocycles. The smallest absolute Gasteiger partial charge is 0.149 e. The highest BCUT2D eigenvalue weighted by molar-refractivity contribution is 6.09. The fourth-order valence-corrected chi connectivity index (χ4v) is 2.68. The average Bonchev–Trinajstić information content (AvgIpc) is 3.05. The molecule has 0 spiro atoms. The van der Waals surface area contributed by atoms with Crippen LogP contribution >= 0.6 is 0 Å². The van der Waals surface area contributed by atoms with E-state index in [1.807, 2.05) is 30.3 Å². The van der Waals surface area contributed by atoms with Gasteiger partial charge in [0.05, 0.1) is 11.8 Å². The summed E-state index contributed by atoms with van der Waals surface area (Å²) in [7, 11) is 0. The maximum atomic E-state index is 12.1. The van der Waals surface area contributed by atoms with Gasteiger partial charge in [-0.3, -0.25) is 4.79 Å². The van der Waals surface area contributed by atoms with Crippen molar-refractivity contribution in [1.82, 2.24) is 0 Å². The van der Waals surface area contributed by atoms with Gasteiger partial charge in [0.15, 0.2) is 0 Å². The topological polar surface area (TPSA) is 17.1 Å². The monoisotopic (exact) mass is 236 g/mol. The van der Waals surface area contributed by atoms with E-state index in [9.17, 15) is 4.79 Å². The lowest BCUT2D eigenvalue weighted by Crippen LogP contribution is -1.90. The largest absolute Gasteiger partial charge is 0.298 e. The molecule has 1 aliphatic carbocycles. The molecule has 18 heavy (non-hydrogen) atoms. The van der Waals surface area contributed by atoms with E-state index >= 15 is 0 Å². The van der Waals surface area contributed by atoms with E-state index < -0.39 is 0 Å². The van der Waals surface area contributed by atoms with Gasteiger partial charge in [0.25, 0.3) is 0 Å². The van der Waals surface area contributed by atoms with Gasteiger partial charge in [0, 0.05) is 0 Å². The minimum atomic E-state index is 0.0756. The molecule has 0 N–H and O–H groups in total. The molecular weight excluding hydrogens is 220 g/mol. The van der Waals surface area contributed by atoms with Crippen LogP contribution in [0.5, 0.6) is 0 Å². The number of aryl methyl sites for hydroxylation is 2. The van der Waals surface area contributed by atoms with Crippen LogP contribution in [-0.2, 0) is 4.79 Å². The summed E-state index contributed by atoms with van der Waals surface area (Å²) in [5, 5.41) is 0. The molecule has 1 saturated carbocycles. The van der Waals surface area contributed by atoms with Crippen molar-refractivity contribution in [3.8, 4) is 0 Å². The zero-order valence-electron chi connectivity index (χ0n) is 10.7. The molecule has 90 valence electrons. The van der Waals surface area contributed by atoms with Crippen molar-refractivity contribution in [3.63, 3.8) is 0 Å². The summed E-state index contributed by atoms with van der Waals surface area (Å²) < 4.78 is 0. The van der Waals surface area contributed by atoms with E-state index in [-0.39, 0.29) is 11.8 Å². The minimum absolute atomic E-state index is 0.0756. The molecule has 1 nitrogen and oxygen atoms in total. The quantitative estimate of drug-likeness (QED) is 0.776. The summed E-state index contributed by atoms with van der Waals surface area (Å²) >= 11 is 0. The number of hydrogen-bond acceptors (Lipinski definition) is 1. The average molecular weight is 236 g/mol. The van der Waals surface area contributed by atoms with Gasteiger partial charge in [-0.05, 0) is 30.5 Å². The highest BCUT2D eigenvalue weighted by Crippen LogP contribution is 2.51.